The Morgan fingerprint density at radius 3 is 2.36 bits per heavy atom. The molecular weight excluding hydrogens is 356 g/mol. The average Bonchev–Trinajstić information content (AvgIpc) is 3.18. The second-order valence-corrected chi connectivity index (χ2v) is 7.46. The number of hydrogen-bond acceptors (Lipinski definition) is 5. The number of carbonyl (C=O) groups excluding carboxylic acids is 2. The molecule has 1 amide bonds. The van der Waals surface area contributed by atoms with E-state index in [0.717, 1.165) is 12.1 Å². The van der Waals surface area contributed by atoms with Gasteiger partial charge < -0.3 is 19.3 Å². The quantitative estimate of drug-likeness (QED) is 0.472. The lowest BCUT2D eigenvalue weighted by Gasteiger charge is -2.24. The molecular formula is C22H26N2O4. The molecule has 2 heterocycles. The van der Waals surface area contributed by atoms with Crippen LogP contribution in [0.3, 0.4) is 0 Å². The molecule has 2 aromatic rings. The number of aliphatic hydroxyl groups is 1. The third-order valence-electron chi connectivity index (χ3n) is 4.90. The van der Waals surface area contributed by atoms with Gasteiger partial charge in [0.1, 0.15) is 23.3 Å². The third kappa shape index (κ3) is 3.87. The normalized spacial score (nSPS) is 19.0. The molecule has 6 heteroatoms. The fourth-order valence-corrected chi connectivity index (χ4v) is 3.43. The molecule has 0 radical (unpaired) electrons. The van der Waals surface area contributed by atoms with Crippen molar-refractivity contribution in [1.29, 1.82) is 0 Å². The molecule has 1 aliphatic rings. The zero-order chi connectivity index (χ0) is 20.4. The molecule has 6 nitrogen and oxygen atoms in total. The van der Waals surface area contributed by atoms with E-state index < -0.39 is 17.7 Å². The minimum Gasteiger partial charge on any atom is -0.507 e. The Morgan fingerprint density at radius 2 is 1.79 bits per heavy atom. The van der Waals surface area contributed by atoms with E-state index >= 15 is 0 Å². The number of Topliss-reactive ketones (excluding diaryl/α,β-unsaturated/α-hetero) is 1. The van der Waals surface area contributed by atoms with Gasteiger partial charge in [0, 0.05) is 12.1 Å². The van der Waals surface area contributed by atoms with Crippen LogP contribution in [0.25, 0.3) is 5.76 Å². The number of ketones is 1. The van der Waals surface area contributed by atoms with Crippen molar-refractivity contribution in [3.8, 4) is 0 Å². The molecule has 0 saturated carbocycles. The summed E-state index contributed by atoms with van der Waals surface area (Å²) in [5.41, 5.74) is 1.62. The van der Waals surface area contributed by atoms with Crippen LogP contribution >= 0.6 is 0 Å². The van der Waals surface area contributed by atoms with Crippen LogP contribution in [0.2, 0.25) is 0 Å². The molecule has 28 heavy (non-hydrogen) atoms. The van der Waals surface area contributed by atoms with Crippen molar-refractivity contribution in [2.24, 2.45) is 0 Å². The van der Waals surface area contributed by atoms with E-state index in [-0.39, 0.29) is 11.3 Å². The van der Waals surface area contributed by atoms with E-state index in [1.807, 2.05) is 45.0 Å². The molecule has 0 unspecified atom stereocenters. The minimum atomic E-state index is -0.725. The smallest absolute Gasteiger partial charge is 0.295 e. The first-order chi connectivity index (χ1) is 13.3. The summed E-state index contributed by atoms with van der Waals surface area (Å²) in [6.45, 7) is 4.93. The van der Waals surface area contributed by atoms with Crippen LogP contribution in [0, 0.1) is 13.8 Å². The molecule has 1 saturated heterocycles. The van der Waals surface area contributed by atoms with Gasteiger partial charge in [0.25, 0.3) is 11.7 Å². The van der Waals surface area contributed by atoms with Crippen molar-refractivity contribution in [3.63, 3.8) is 0 Å². The molecule has 148 valence electrons. The Kier molecular flexibility index (Phi) is 5.70. The minimum absolute atomic E-state index is 0.0769. The average molecular weight is 382 g/mol. The summed E-state index contributed by atoms with van der Waals surface area (Å²) in [5, 5.41) is 10.9. The first-order valence-electron chi connectivity index (χ1n) is 9.36. The molecule has 1 fully saturated rings. The van der Waals surface area contributed by atoms with Gasteiger partial charge in [0.2, 0.25) is 0 Å². The van der Waals surface area contributed by atoms with Gasteiger partial charge in [-0.2, -0.15) is 0 Å². The van der Waals surface area contributed by atoms with Crippen LogP contribution in [0.1, 0.15) is 35.1 Å². The van der Waals surface area contributed by atoms with Gasteiger partial charge in [-0.15, -0.1) is 0 Å². The van der Waals surface area contributed by atoms with Gasteiger partial charge in [-0.1, -0.05) is 29.8 Å². The van der Waals surface area contributed by atoms with Crippen molar-refractivity contribution in [2.75, 3.05) is 27.2 Å². The zero-order valence-corrected chi connectivity index (χ0v) is 16.7. The summed E-state index contributed by atoms with van der Waals surface area (Å²) in [6.07, 6.45) is 0.709. The molecule has 0 bridgehead atoms. The van der Waals surface area contributed by atoms with Crippen molar-refractivity contribution >= 4 is 17.4 Å². The Balaban J connectivity index is 2.05. The first kappa shape index (κ1) is 19.9. The first-order valence-corrected chi connectivity index (χ1v) is 9.36. The van der Waals surface area contributed by atoms with Crippen LogP contribution in [0.4, 0.5) is 0 Å². The molecule has 1 aliphatic heterocycles. The Morgan fingerprint density at radius 1 is 1.11 bits per heavy atom. The second-order valence-electron chi connectivity index (χ2n) is 7.46. The van der Waals surface area contributed by atoms with Crippen LogP contribution in [0.5, 0.6) is 0 Å². The van der Waals surface area contributed by atoms with Crippen LogP contribution in [-0.4, -0.2) is 53.8 Å². The number of aliphatic hydroxyl groups excluding tert-OH is 1. The number of nitrogens with zero attached hydrogens (tertiary/aromatic N) is 2. The number of hydrogen-bond donors (Lipinski definition) is 1. The largest absolute Gasteiger partial charge is 0.507 e. The molecule has 0 aliphatic carbocycles. The van der Waals surface area contributed by atoms with Gasteiger partial charge in [-0.25, -0.2) is 0 Å². The summed E-state index contributed by atoms with van der Waals surface area (Å²) in [5.74, 6) is -0.291. The maximum absolute atomic E-state index is 12.8. The van der Waals surface area contributed by atoms with E-state index in [1.54, 1.807) is 24.3 Å². The molecule has 0 spiro atoms. The number of furan rings is 1. The van der Waals surface area contributed by atoms with E-state index in [0.29, 0.717) is 30.0 Å². The van der Waals surface area contributed by atoms with Crippen molar-refractivity contribution < 1.29 is 19.1 Å². The summed E-state index contributed by atoms with van der Waals surface area (Å²) in [7, 11) is 3.91. The third-order valence-corrected chi connectivity index (χ3v) is 4.90. The monoisotopic (exact) mass is 382 g/mol. The SMILES string of the molecule is Cc1ccc(C(O)=C2C(=O)C(=O)N(CCCN(C)C)[C@H]2c2ccc(C)o2)cc1. The Hall–Kier alpha value is -2.86. The number of rotatable bonds is 6. The van der Waals surface area contributed by atoms with E-state index in [9.17, 15) is 14.7 Å². The number of carbonyl (C=O) groups is 2. The van der Waals surface area contributed by atoms with Gasteiger partial charge in [0.15, 0.2) is 0 Å². The highest BCUT2D eigenvalue weighted by molar-refractivity contribution is 6.46. The van der Waals surface area contributed by atoms with E-state index in [2.05, 4.69) is 0 Å². The van der Waals surface area contributed by atoms with Crippen molar-refractivity contribution in [1.82, 2.24) is 9.80 Å². The van der Waals surface area contributed by atoms with Gasteiger partial charge >= 0.3 is 0 Å². The fourth-order valence-electron chi connectivity index (χ4n) is 3.43. The lowest BCUT2D eigenvalue weighted by Crippen LogP contribution is -2.32. The maximum atomic E-state index is 12.8. The molecule has 3 rings (SSSR count). The molecule has 1 N–H and O–H groups in total. The fraction of sp³-hybridized carbons (Fsp3) is 0.364. The summed E-state index contributed by atoms with van der Waals surface area (Å²) >= 11 is 0. The predicted octanol–water partition coefficient (Wildman–Crippen LogP) is 3.27. The number of benzene rings is 1. The highest BCUT2D eigenvalue weighted by Crippen LogP contribution is 2.40. The van der Waals surface area contributed by atoms with Crippen molar-refractivity contribution in [3.05, 3.63) is 64.6 Å². The van der Waals surface area contributed by atoms with Crippen LogP contribution in [-0.2, 0) is 9.59 Å². The summed E-state index contributed by atoms with van der Waals surface area (Å²) < 4.78 is 5.76. The maximum Gasteiger partial charge on any atom is 0.295 e. The molecule has 1 aromatic heterocycles. The highest BCUT2D eigenvalue weighted by Gasteiger charge is 2.47. The van der Waals surface area contributed by atoms with Gasteiger partial charge in [-0.05, 0) is 53.0 Å². The molecule has 1 aromatic carbocycles. The van der Waals surface area contributed by atoms with E-state index in [1.165, 1.54) is 4.90 Å². The summed E-state index contributed by atoms with van der Waals surface area (Å²) in [6, 6.07) is 10.0. The van der Waals surface area contributed by atoms with Crippen molar-refractivity contribution in [2.45, 2.75) is 26.3 Å². The zero-order valence-electron chi connectivity index (χ0n) is 16.7. The number of amides is 1. The van der Waals surface area contributed by atoms with Crippen LogP contribution < -0.4 is 0 Å². The second kappa shape index (κ2) is 8.02. The number of likely N-dealkylation sites (tertiary alicyclic amines) is 1. The molecule has 1 atom stereocenters. The lowest BCUT2D eigenvalue weighted by atomic mass is 9.99. The Bertz CT molecular complexity index is 909. The van der Waals surface area contributed by atoms with Gasteiger partial charge in [-0.3, -0.25) is 9.59 Å². The van der Waals surface area contributed by atoms with Gasteiger partial charge in [0.05, 0.1) is 5.57 Å². The van der Waals surface area contributed by atoms with E-state index in [4.69, 9.17) is 4.42 Å². The van der Waals surface area contributed by atoms with Crippen LogP contribution in [0.15, 0.2) is 46.4 Å². The lowest BCUT2D eigenvalue weighted by molar-refractivity contribution is -0.140. The predicted molar refractivity (Wildman–Crippen MR) is 107 cm³/mol. The summed E-state index contributed by atoms with van der Waals surface area (Å²) in [4.78, 5) is 29.1. The number of aryl methyl sites for hydroxylation is 2. The topological polar surface area (TPSA) is 74.0 Å². The standard InChI is InChI=1S/C22H26N2O4/c1-14-6-9-16(10-7-14)20(25)18-19(17-11-8-15(2)28-17)24(22(27)21(18)26)13-5-12-23(3)4/h6-11,19,25H,5,12-13H2,1-4H3/t19-/m0/s1. The Labute approximate surface area is 165 Å². The highest BCUT2D eigenvalue weighted by atomic mass is 16.3.